The van der Waals surface area contributed by atoms with Crippen molar-refractivity contribution in [3.05, 3.63) is 35.9 Å². The fraction of sp³-hybridized carbons (Fsp3) is 0.429. The molecule has 0 saturated carbocycles. The Morgan fingerprint density at radius 3 is 3.00 bits per heavy atom. The van der Waals surface area contributed by atoms with E-state index in [0.29, 0.717) is 5.75 Å². The number of methoxy groups -OCH3 is 1. The summed E-state index contributed by atoms with van der Waals surface area (Å²) in [6.45, 7) is 4.79. The first kappa shape index (κ1) is 12.9. The summed E-state index contributed by atoms with van der Waals surface area (Å²) in [7, 11) is 1.56. The van der Waals surface area contributed by atoms with Crippen molar-refractivity contribution in [2.45, 2.75) is 26.1 Å². The van der Waals surface area contributed by atoms with Crippen molar-refractivity contribution in [1.82, 2.24) is 19.7 Å². The third-order valence-electron chi connectivity index (χ3n) is 3.90. The Morgan fingerprint density at radius 1 is 1.35 bits per heavy atom. The summed E-state index contributed by atoms with van der Waals surface area (Å²) < 4.78 is 7.26. The number of ether oxygens (including phenoxy) is 1. The molecule has 0 amide bonds. The highest BCUT2D eigenvalue weighted by molar-refractivity contribution is 5.42. The van der Waals surface area contributed by atoms with Crippen molar-refractivity contribution < 1.29 is 9.84 Å². The van der Waals surface area contributed by atoms with Gasteiger partial charge in [-0.3, -0.25) is 4.90 Å². The minimum Gasteiger partial charge on any atom is -0.504 e. The van der Waals surface area contributed by atoms with E-state index in [2.05, 4.69) is 26.6 Å². The van der Waals surface area contributed by atoms with Gasteiger partial charge in [-0.25, -0.2) is 0 Å². The van der Waals surface area contributed by atoms with E-state index in [-0.39, 0.29) is 11.8 Å². The second-order valence-electron chi connectivity index (χ2n) is 5.02. The minimum atomic E-state index is 0.168. The second kappa shape index (κ2) is 5.13. The van der Waals surface area contributed by atoms with Gasteiger partial charge >= 0.3 is 0 Å². The van der Waals surface area contributed by atoms with Crippen LogP contribution in [0.2, 0.25) is 0 Å². The number of hydrogen-bond donors (Lipinski definition) is 1. The van der Waals surface area contributed by atoms with Crippen molar-refractivity contribution >= 4 is 0 Å². The smallest absolute Gasteiger partial charge is 0.160 e. The Hall–Kier alpha value is -2.08. The molecule has 2 heterocycles. The molecular formula is C14H18N4O2. The van der Waals surface area contributed by atoms with E-state index in [0.717, 1.165) is 31.0 Å². The molecule has 1 atom stereocenters. The Labute approximate surface area is 117 Å². The zero-order valence-corrected chi connectivity index (χ0v) is 11.7. The highest BCUT2D eigenvalue weighted by Gasteiger charge is 2.23. The van der Waals surface area contributed by atoms with Crippen LogP contribution in [0, 0.1) is 0 Å². The average Bonchev–Trinajstić information content (AvgIpc) is 2.94. The predicted octanol–water partition coefficient (Wildman–Crippen LogP) is 1.57. The third kappa shape index (κ3) is 2.22. The van der Waals surface area contributed by atoms with E-state index in [9.17, 15) is 5.11 Å². The lowest BCUT2D eigenvalue weighted by atomic mass is 10.1. The zero-order valence-electron chi connectivity index (χ0n) is 11.7. The first-order valence-corrected chi connectivity index (χ1v) is 6.66. The van der Waals surface area contributed by atoms with Gasteiger partial charge in [-0.2, -0.15) is 0 Å². The summed E-state index contributed by atoms with van der Waals surface area (Å²) in [4.78, 5) is 2.34. The van der Waals surface area contributed by atoms with Gasteiger partial charge in [-0.1, -0.05) is 6.07 Å². The lowest BCUT2D eigenvalue weighted by Crippen LogP contribution is -2.35. The molecule has 1 aliphatic rings. The van der Waals surface area contributed by atoms with Gasteiger partial charge < -0.3 is 14.4 Å². The number of phenols is 1. The minimum absolute atomic E-state index is 0.168. The zero-order chi connectivity index (χ0) is 14.1. The molecule has 1 unspecified atom stereocenters. The summed E-state index contributed by atoms with van der Waals surface area (Å²) >= 11 is 0. The summed E-state index contributed by atoms with van der Waals surface area (Å²) in [6.07, 6.45) is 1.78. The van der Waals surface area contributed by atoms with Gasteiger partial charge in [0.05, 0.1) is 13.7 Å². The molecule has 0 fully saturated rings. The number of nitrogens with zero attached hydrogens (tertiary/aromatic N) is 4. The van der Waals surface area contributed by atoms with Gasteiger partial charge in [0, 0.05) is 19.1 Å². The third-order valence-corrected chi connectivity index (χ3v) is 3.90. The number of aromatic hydroxyl groups is 1. The predicted molar refractivity (Wildman–Crippen MR) is 73.5 cm³/mol. The van der Waals surface area contributed by atoms with Crippen LogP contribution in [-0.2, 0) is 13.1 Å². The van der Waals surface area contributed by atoms with Crippen LogP contribution in [0.1, 0.15) is 24.4 Å². The lowest BCUT2D eigenvalue weighted by Gasteiger charge is -2.32. The van der Waals surface area contributed by atoms with Crippen molar-refractivity contribution in [2.75, 3.05) is 13.7 Å². The number of aromatic nitrogens is 3. The van der Waals surface area contributed by atoms with Crippen LogP contribution in [0.5, 0.6) is 11.5 Å². The highest BCUT2D eigenvalue weighted by Crippen LogP contribution is 2.31. The quantitative estimate of drug-likeness (QED) is 0.920. The van der Waals surface area contributed by atoms with E-state index >= 15 is 0 Å². The monoisotopic (exact) mass is 274 g/mol. The van der Waals surface area contributed by atoms with Gasteiger partial charge in [0.25, 0.3) is 0 Å². The van der Waals surface area contributed by atoms with Crippen LogP contribution in [0.25, 0.3) is 0 Å². The summed E-state index contributed by atoms with van der Waals surface area (Å²) in [6, 6.07) is 5.73. The molecule has 1 aromatic heterocycles. The number of fused-ring (bicyclic) bond motifs is 1. The van der Waals surface area contributed by atoms with Crippen molar-refractivity contribution in [1.29, 1.82) is 0 Å². The molecule has 0 bridgehead atoms. The molecule has 20 heavy (non-hydrogen) atoms. The molecule has 2 aromatic rings. The van der Waals surface area contributed by atoms with Crippen LogP contribution in [0.4, 0.5) is 0 Å². The molecule has 0 aliphatic carbocycles. The van der Waals surface area contributed by atoms with Crippen LogP contribution < -0.4 is 4.74 Å². The van der Waals surface area contributed by atoms with Crippen LogP contribution >= 0.6 is 0 Å². The lowest BCUT2D eigenvalue weighted by molar-refractivity contribution is 0.163. The van der Waals surface area contributed by atoms with E-state index < -0.39 is 0 Å². The van der Waals surface area contributed by atoms with E-state index in [1.807, 2.05) is 12.1 Å². The standard InChI is InChI=1S/C14H18N4O2/c1-10(11-3-4-12(19)13(7-11)20-2)17-5-6-18-9-15-16-14(18)8-17/h3-4,7,9-10,19H,5-6,8H2,1-2H3. The number of hydrogen-bond acceptors (Lipinski definition) is 5. The molecule has 6 nitrogen and oxygen atoms in total. The summed E-state index contributed by atoms with van der Waals surface area (Å²) in [5, 5.41) is 17.7. The van der Waals surface area contributed by atoms with Crippen molar-refractivity contribution in [3.8, 4) is 11.5 Å². The largest absolute Gasteiger partial charge is 0.504 e. The van der Waals surface area contributed by atoms with Crippen LogP contribution in [-0.4, -0.2) is 38.4 Å². The van der Waals surface area contributed by atoms with Gasteiger partial charge in [0.2, 0.25) is 0 Å². The van der Waals surface area contributed by atoms with Gasteiger partial charge in [-0.05, 0) is 24.6 Å². The summed E-state index contributed by atoms with van der Waals surface area (Å²) in [5.74, 6) is 1.67. The fourth-order valence-corrected chi connectivity index (χ4v) is 2.58. The maximum absolute atomic E-state index is 9.67. The average molecular weight is 274 g/mol. The maximum Gasteiger partial charge on any atom is 0.160 e. The van der Waals surface area contributed by atoms with Gasteiger partial charge in [0.15, 0.2) is 11.5 Å². The molecule has 1 aromatic carbocycles. The molecule has 1 aliphatic heterocycles. The van der Waals surface area contributed by atoms with Crippen molar-refractivity contribution in [2.24, 2.45) is 0 Å². The Bertz CT molecular complexity index is 611. The SMILES string of the molecule is COc1cc(C(C)N2CCn3cnnc3C2)ccc1O. The molecule has 3 rings (SSSR count). The molecule has 106 valence electrons. The molecule has 0 saturated heterocycles. The van der Waals surface area contributed by atoms with E-state index in [1.54, 1.807) is 19.5 Å². The normalized spacial score (nSPS) is 16.7. The molecule has 0 radical (unpaired) electrons. The number of rotatable bonds is 3. The molecule has 0 spiro atoms. The van der Waals surface area contributed by atoms with Gasteiger partial charge in [0.1, 0.15) is 12.2 Å². The fourth-order valence-electron chi connectivity index (χ4n) is 2.58. The Morgan fingerprint density at radius 2 is 2.20 bits per heavy atom. The number of benzene rings is 1. The molecule has 1 N–H and O–H groups in total. The van der Waals surface area contributed by atoms with Crippen molar-refractivity contribution in [3.63, 3.8) is 0 Å². The Kier molecular flexibility index (Phi) is 3.31. The first-order chi connectivity index (χ1) is 9.69. The van der Waals surface area contributed by atoms with Crippen LogP contribution in [0.3, 0.4) is 0 Å². The first-order valence-electron chi connectivity index (χ1n) is 6.66. The van der Waals surface area contributed by atoms with Gasteiger partial charge in [-0.15, -0.1) is 10.2 Å². The second-order valence-corrected chi connectivity index (χ2v) is 5.02. The highest BCUT2D eigenvalue weighted by atomic mass is 16.5. The topological polar surface area (TPSA) is 63.4 Å². The molecule has 6 heteroatoms. The van der Waals surface area contributed by atoms with E-state index in [1.165, 1.54) is 0 Å². The Balaban J connectivity index is 1.81. The molecular weight excluding hydrogens is 256 g/mol. The summed E-state index contributed by atoms with van der Waals surface area (Å²) in [5.41, 5.74) is 1.12. The van der Waals surface area contributed by atoms with E-state index in [4.69, 9.17) is 4.74 Å². The maximum atomic E-state index is 9.67. The number of phenolic OH excluding ortho intramolecular Hbond substituents is 1. The van der Waals surface area contributed by atoms with Crippen LogP contribution in [0.15, 0.2) is 24.5 Å².